The number of hydrogen-bond donors (Lipinski definition) is 2. The van der Waals surface area contributed by atoms with Crippen LogP contribution in [0.5, 0.6) is 0 Å². The molecule has 0 bridgehead atoms. The van der Waals surface area contributed by atoms with Gasteiger partial charge in [0.05, 0.1) is 10.2 Å². The van der Waals surface area contributed by atoms with Gasteiger partial charge in [0.15, 0.2) is 0 Å². The maximum absolute atomic E-state index is 13.3. The number of nitrogens with one attached hydrogen (secondary N) is 2. The van der Waals surface area contributed by atoms with E-state index in [0.717, 1.165) is 12.3 Å². The van der Waals surface area contributed by atoms with Gasteiger partial charge in [0, 0.05) is 6.20 Å². The van der Waals surface area contributed by atoms with Crippen LogP contribution in [0.1, 0.15) is 11.4 Å². The van der Waals surface area contributed by atoms with E-state index in [1.54, 1.807) is 6.07 Å². The first kappa shape index (κ1) is 15.9. The molecule has 0 aliphatic heterocycles. The lowest BCUT2D eigenvalue weighted by Gasteiger charge is -2.13. The molecule has 0 aliphatic rings. The number of aromatic nitrogens is 4. The summed E-state index contributed by atoms with van der Waals surface area (Å²) < 4.78 is 51.2. The molecule has 0 radical (unpaired) electrons. The molecule has 22 heavy (non-hydrogen) atoms. The molecule has 1 aromatic heterocycles. The number of allylic oxidation sites excluding steroid dienone is 1. The molecule has 0 fully saturated rings. The fourth-order valence-corrected chi connectivity index (χ4v) is 2.16. The summed E-state index contributed by atoms with van der Waals surface area (Å²) in [5.41, 5.74) is -1.59. The number of rotatable bonds is 3. The Balaban J connectivity index is 2.37. The Morgan fingerprint density at radius 2 is 2.14 bits per heavy atom. The summed E-state index contributed by atoms with van der Waals surface area (Å²) in [5, 5.41) is 23.9. The van der Waals surface area contributed by atoms with Crippen LogP contribution in [-0.4, -0.2) is 20.6 Å². The minimum absolute atomic E-state index is 0.0377. The second kappa shape index (κ2) is 6.10. The molecule has 0 amide bonds. The van der Waals surface area contributed by atoms with Crippen molar-refractivity contribution in [3.8, 4) is 6.07 Å². The highest BCUT2D eigenvalue weighted by Crippen LogP contribution is 2.40. The minimum atomic E-state index is -4.87. The quantitative estimate of drug-likeness (QED) is 0.634. The van der Waals surface area contributed by atoms with Crippen LogP contribution in [-0.2, 0) is 6.18 Å². The van der Waals surface area contributed by atoms with E-state index in [0.29, 0.717) is 6.07 Å². The van der Waals surface area contributed by atoms with E-state index in [9.17, 15) is 17.6 Å². The van der Waals surface area contributed by atoms with E-state index in [-0.39, 0.29) is 17.1 Å². The van der Waals surface area contributed by atoms with Gasteiger partial charge >= 0.3 is 6.18 Å². The highest BCUT2D eigenvalue weighted by atomic mass is 79.9. The largest absolute Gasteiger partial charge is 0.420 e. The molecule has 6 nitrogen and oxygen atoms in total. The van der Waals surface area contributed by atoms with Gasteiger partial charge in [-0.3, -0.25) is 0 Å². The lowest BCUT2D eigenvalue weighted by molar-refractivity contribution is -0.140. The van der Waals surface area contributed by atoms with Crippen molar-refractivity contribution in [2.75, 3.05) is 5.32 Å². The monoisotopic (exact) mass is 376 g/mol. The van der Waals surface area contributed by atoms with Gasteiger partial charge in [0.1, 0.15) is 23.0 Å². The Morgan fingerprint density at radius 1 is 1.41 bits per heavy atom. The van der Waals surface area contributed by atoms with Gasteiger partial charge in [0.2, 0.25) is 5.82 Å². The van der Waals surface area contributed by atoms with Crippen molar-refractivity contribution in [1.82, 2.24) is 20.6 Å². The van der Waals surface area contributed by atoms with Gasteiger partial charge < -0.3 is 5.32 Å². The van der Waals surface area contributed by atoms with Crippen LogP contribution in [0.2, 0.25) is 0 Å². The first-order chi connectivity index (χ1) is 10.3. The maximum atomic E-state index is 13.3. The number of aromatic amines is 1. The third kappa shape index (κ3) is 3.22. The summed E-state index contributed by atoms with van der Waals surface area (Å²) in [6, 6.07) is 3.52. The molecular weight excluding hydrogens is 372 g/mol. The van der Waals surface area contributed by atoms with Crippen molar-refractivity contribution in [3.05, 3.63) is 40.0 Å². The SMILES string of the molecule is N#CC(=CNc1ccc(F)c(C(F)(F)F)c1Br)c1nn[nH]n1. The van der Waals surface area contributed by atoms with Crippen LogP contribution in [0.15, 0.2) is 22.8 Å². The Kier molecular flexibility index (Phi) is 4.41. The molecule has 2 aromatic rings. The molecule has 0 saturated carbocycles. The van der Waals surface area contributed by atoms with Crippen LogP contribution >= 0.6 is 15.9 Å². The van der Waals surface area contributed by atoms with E-state index in [1.165, 1.54) is 0 Å². The van der Waals surface area contributed by atoms with Crippen LogP contribution in [0.4, 0.5) is 23.2 Å². The standard InChI is InChI=1S/C11H5BrF4N6/c12-9-7(2-1-6(13)8(9)11(14,15)16)18-4-5(3-17)10-19-21-22-20-10/h1-2,4,18H,(H,19,20,21,22). The Morgan fingerprint density at radius 3 is 2.68 bits per heavy atom. The van der Waals surface area contributed by atoms with Gasteiger partial charge in [0.25, 0.3) is 0 Å². The molecule has 2 N–H and O–H groups in total. The molecular formula is C11H5BrF4N6. The van der Waals surface area contributed by atoms with Gasteiger partial charge in [-0.05, 0) is 33.3 Å². The number of halogens is 5. The van der Waals surface area contributed by atoms with Gasteiger partial charge in [-0.2, -0.15) is 23.6 Å². The van der Waals surface area contributed by atoms with Crippen molar-refractivity contribution >= 4 is 27.2 Å². The third-order valence-electron chi connectivity index (χ3n) is 2.45. The van der Waals surface area contributed by atoms with E-state index in [1.807, 2.05) is 0 Å². The van der Waals surface area contributed by atoms with E-state index < -0.39 is 22.0 Å². The zero-order chi connectivity index (χ0) is 16.3. The van der Waals surface area contributed by atoms with Crippen LogP contribution in [0, 0.1) is 17.1 Å². The van der Waals surface area contributed by atoms with Gasteiger partial charge in [-0.25, -0.2) is 4.39 Å². The number of nitriles is 1. The average Bonchev–Trinajstić information content (AvgIpc) is 2.94. The van der Waals surface area contributed by atoms with E-state index in [4.69, 9.17) is 5.26 Å². The molecule has 114 valence electrons. The average molecular weight is 377 g/mol. The number of benzene rings is 1. The van der Waals surface area contributed by atoms with Crippen molar-refractivity contribution in [2.45, 2.75) is 6.18 Å². The van der Waals surface area contributed by atoms with Crippen LogP contribution < -0.4 is 5.32 Å². The fourth-order valence-electron chi connectivity index (χ4n) is 1.50. The number of hydrogen-bond acceptors (Lipinski definition) is 5. The summed E-state index contributed by atoms with van der Waals surface area (Å²) >= 11 is 2.70. The first-order valence-electron chi connectivity index (χ1n) is 5.50. The summed E-state index contributed by atoms with van der Waals surface area (Å²) in [6.45, 7) is 0. The fraction of sp³-hybridized carbons (Fsp3) is 0.0909. The van der Waals surface area contributed by atoms with Crippen molar-refractivity contribution in [3.63, 3.8) is 0 Å². The lowest BCUT2D eigenvalue weighted by atomic mass is 10.1. The second-order valence-electron chi connectivity index (χ2n) is 3.83. The Hall–Kier alpha value is -2.48. The highest BCUT2D eigenvalue weighted by molar-refractivity contribution is 9.10. The molecule has 0 spiro atoms. The predicted octanol–water partition coefficient (Wildman–Crippen LogP) is 3.10. The van der Waals surface area contributed by atoms with E-state index in [2.05, 4.69) is 41.9 Å². The zero-order valence-electron chi connectivity index (χ0n) is 10.4. The molecule has 0 atom stereocenters. The molecule has 11 heteroatoms. The number of alkyl halides is 3. The molecule has 1 aromatic carbocycles. The van der Waals surface area contributed by atoms with Crippen molar-refractivity contribution in [2.24, 2.45) is 0 Å². The number of H-pyrrole nitrogens is 1. The number of anilines is 1. The topological polar surface area (TPSA) is 90.3 Å². The summed E-state index contributed by atoms with van der Waals surface area (Å²) in [7, 11) is 0. The molecule has 0 aliphatic carbocycles. The third-order valence-corrected chi connectivity index (χ3v) is 3.28. The molecule has 0 unspecified atom stereocenters. The van der Waals surface area contributed by atoms with Crippen molar-refractivity contribution < 1.29 is 17.6 Å². The number of nitrogens with zero attached hydrogens (tertiary/aromatic N) is 4. The number of tetrazole rings is 1. The maximum Gasteiger partial charge on any atom is 0.420 e. The normalized spacial score (nSPS) is 12.1. The lowest BCUT2D eigenvalue weighted by Crippen LogP contribution is -2.10. The zero-order valence-corrected chi connectivity index (χ0v) is 12.0. The first-order valence-corrected chi connectivity index (χ1v) is 6.29. The molecule has 2 rings (SSSR count). The smallest absolute Gasteiger partial charge is 0.359 e. The van der Waals surface area contributed by atoms with Gasteiger partial charge in [-0.15, -0.1) is 10.2 Å². The van der Waals surface area contributed by atoms with Crippen LogP contribution in [0.25, 0.3) is 5.57 Å². The van der Waals surface area contributed by atoms with Crippen LogP contribution in [0.3, 0.4) is 0 Å². The second-order valence-corrected chi connectivity index (χ2v) is 4.62. The molecule has 1 heterocycles. The summed E-state index contributed by atoms with van der Waals surface area (Å²) in [5.74, 6) is -1.45. The minimum Gasteiger partial charge on any atom is -0.359 e. The summed E-state index contributed by atoms with van der Waals surface area (Å²) in [6.07, 6.45) is -3.78. The van der Waals surface area contributed by atoms with Crippen molar-refractivity contribution in [1.29, 1.82) is 5.26 Å². The highest BCUT2D eigenvalue weighted by Gasteiger charge is 2.37. The van der Waals surface area contributed by atoms with Gasteiger partial charge in [-0.1, -0.05) is 0 Å². The molecule has 0 saturated heterocycles. The predicted molar refractivity (Wildman–Crippen MR) is 70.5 cm³/mol. The van der Waals surface area contributed by atoms with E-state index >= 15 is 0 Å². The summed E-state index contributed by atoms with van der Waals surface area (Å²) in [4.78, 5) is 0. The Bertz CT molecular complexity index is 747. The Labute approximate surface area is 129 Å².